The molecule has 19 heavy (non-hydrogen) atoms. The zero-order chi connectivity index (χ0) is 14.2. The van der Waals surface area contributed by atoms with Gasteiger partial charge in [0.1, 0.15) is 5.92 Å². The van der Waals surface area contributed by atoms with E-state index in [4.69, 9.17) is 10.5 Å². The normalized spacial score (nSPS) is 8.63. The number of hydrogen-bond acceptors (Lipinski definition) is 2. The average molecular weight is 254 g/mol. The first-order valence-corrected chi connectivity index (χ1v) is 7.05. The minimum atomic E-state index is -0.472. The molecule has 100 valence electrons. The van der Waals surface area contributed by atoms with Crippen LogP contribution >= 0.6 is 0 Å². The van der Waals surface area contributed by atoms with E-state index in [1.54, 1.807) is 0 Å². The number of hydrogen-bond donors (Lipinski definition) is 0. The summed E-state index contributed by atoms with van der Waals surface area (Å²) in [7, 11) is 0. The van der Waals surface area contributed by atoms with E-state index < -0.39 is 5.92 Å². The highest BCUT2D eigenvalue weighted by atomic mass is 14.3. The van der Waals surface area contributed by atoms with Gasteiger partial charge in [-0.3, -0.25) is 0 Å². The highest BCUT2D eigenvalue weighted by Gasteiger charge is 2.02. The molecule has 0 atom stereocenters. The van der Waals surface area contributed by atoms with Crippen molar-refractivity contribution in [1.82, 2.24) is 0 Å². The fourth-order valence-electron chi connectivity index (χ4n) is 1.44. The molecule has 0 radical (unpaired) electrons. The quantitative estimate of drug-likeness (QED) is 0.505. The number of unbranched alkanes of at least 4 members (excludes halogenated alkanes) is 5. The summed E-state index contributed by atoms with van der Waals surface area (Å²) in [5.41, 5.74) is 0. The van der Waals surface area contributed by atoms with E-state index >= 15 is 0 Å². The average Bonchev–Trinajstić information content (AvgIpc) is 2.44. The summed E-state index contributed by atoms with van der Waals surface area (Å²) in [5.74, 6) is 12.1. The Hall–Kier alpha value is -1.90. The van der Waals surface area contributed by atoms with Gasteiger partial charge in [-0.25, -0.2) is 0 Å². The van der Waals surface area contributed by atoms with Gasteiger partial charge >= 0.3 is 0 Å². The lowest BCUT2D eigenvalue weighted by Crippen LogP contribution is -1.91. The van der Waals surface area contributed by atoms with Gasteiger partial charge in [-0.2, -0.15) is 10.5 Å². The molecule has 2 heteroatoms. The van der Waals surface area contributed by atoms with Crippen molar-refractivity contribution in [2.24, 2.45) is 5.92 Å². The zero-order valence-corrected chi connectivity index (χ0v) is 11.8. The van der Waals surface area contributed by atoms with E-state index in [2.05, 4.69) is 30.6 Å². The molecule has 0 aromatic rings. The molecule has 0 bridgehead atoms. The lowest BCUT2D eigenvalue weighted by Gasteiger charge is -1.94. The third kappa shape index (κ3) is 12.3. The van der Waals surface area contributed by atoms with Gasteiger partial charge in [0.2, 0.25) is 0 Å². The highest BCUT2D eigenvalue weighted by molar-refractivity contribution is 5.03. The first kappa shape index (κ1) is 17.1. The molecule has 0 aromatic carbocycles. The Balaban J connectivity index is 3.43. The van der Waals surface area contributed by atoms with Crippen LogP contribution in [0.4, 0.5) is 0 Å². The lowest BCUT2D eigenvalue weighted by atomic mass is 10.1. The number of rotatable bonds is 7. The molecule has 0 saturated carbocycles. The van der Waals surface area contributed by atoms with Gasteiger partial charge < -0.3 is 0 Å². The molecule has 0 heterocycles. The largest absolute Gasteiger partial charge is 0.197 e. The summed E-state index contributed by atoms with van der Waals surface area (Å²) in [4.78, 5) is 0. The Kier molecular flexibility index (Phi) is 12.7. The van der Waals surface area contributed by atoms with Crippen LogP contribution < -0.4 is 0 Å². The molecule has 0 fully saturated rings. The molecule has 2 nitrogen and oxygen atoms in total. The van der Waals surface area contributed by atoms with Crippen molar-refractivity contribution >= 4 is 0 Å². The second-order valence-corrected chi connectivity index (χ2v) is 4.37. The van der Waals surface area contributed by atoms with Crippen LogP contribution in [0.2, 0.25) is 0 Å². The SMILES string of the molecule is CCCCC#CCCCC#CCCCC(C#N)C#N. The van der Waals surface area contributed by atoms with E-state index in [0.717, 1.165) is 38.5 Å². The van der Waals surface area contributed by atoms with Crippen molar-refractivity contribution in [2.45, 2.75) is 64.7 Å². The third-order valence-corrected chi connectivity index (χ3v) is 2.62. The van der Waals surface area contributed by atoms with Crippen molar-refractivity contribution in [3.8, 4) is 35.8 Å². The van der Waals surface area contributed by atoms with E-state index in [-0.39, 0.29) is 0 Å². The monoisotopic (exact) mass is 254 g/mol. The molecule has 0 unspecified atom stereocenters. The minimum absolute atomic E-state index is 0.472. The summed E-state index contributed by atoms with van der Waals surface area (Å²) in [6.45, 7) is 2.17. The molecule has 0 amide bonds. The fraction of sp³-hybridized carbons (Fsp3) is 0.647. The van der Waals surface area contributed by atoms with Gasteiger partial charge in [-0.1, -0.05) is 13.3 Å². The van der Waals surface area contributed by atoms with Crippen molar-refractivity contribution in [1.29, 1.82) is 10.5 Å². The Labute approximate surface area is 117 Å². The van der Waals surface area contributed by atoms with Crippen LogP contribution in [0, 0.1) is 52.3 Å². The van der Waals surface area contributed by atoms with E-state index in [0.29, 0.717) is 6.42 Å². The Bertz CT molecular complexity index is 401. The van der Waals surface area contributed by atoms with Crippen molar-refractivity contribution in [3.05, 3.63) is 0 Å². The van der Waals surface area contributed by atoms with Crippen LogP contribution in [0.1, 0.15) is 64.7 Å². The van der Waals surface area contributed by atoms with E-state index in [1.165, 1.54) is 12.8 Å². The van der Waals surface area contributed by atoms with Gasteiger partial charge in [-0.05, 0) is 25.7 Å². The fourth-order valence-corrected chi connectivity index (χ4v) is 1.44. The molecular weight excluding hydrogens is 232 g/mol. The van der Waals surface area contributed by atoms with Crippen molar-refractivity contribution in [3.63, 3.8) is 0 Å². The molecule has 0 spiro atoms. The van der Waals surface area contributed by atoms with Gasteiger partial charge in [0.05, 0.1) is 12.1 Å². The van der Waals surface area contributed by atoms with Crippen LogP contribution in [-0.4, -0.2) is 0 Å². The second-order valence-electron chi connectivity index (χ2n) is 4.37. The molecule has 0 aliphatic heterocycles. The topological polar surface area (TPSA) is 47.6 Å². The first-order chi connectivity index (χ1) is 9.35. The van der Waals surface area contributed by atoms with E-state index in [1.807, 2.05) is 12.1 Å². The molecule has 0 rings (SSSR count). The summed E-state index contributed by atoms with van der Waals surface area (Å²) in [5, 5.41) is 17.2. The predicted molar refractivity (Wildman–Crippen MR) is 77.5 cm³/mol. The molecule has 0 saturated heterocycles. The first-order valence-electron chi connectivity index (χ1n) is 7.05. The maximum atomic E-state index is 8.58. The lowest BCUT2D eigenvalue weighted by molar-refractivity contribution is 0.685. The summed E-state index contributed by atoms with van der Waals surface area (Å²) in [6, 6.07) is 3.93. The van der Waals surface area contributed by atoms with Crippen LogP contribution in [0.25, 0.3) is 0 Å². The Morgan fingerprint density at radius 3 is 1.68 bits per heavy atom. The minimum Gasteiger partial charge on any atom is -0.197 e. The Morgan fingerprint density at radius 2 is 1.21 bits per heavy atom. The van der Waals surface area contributed by atoms with Gasteiger partial charge in [-0.15, -0.1) is 23.7 Å². The van der Waals surface area contributed by atoms with Crippen molar-refractivity contribution < 1.29 is 0 Å². The summed E-state index contributed by atoms with van der Waals surface area (Å²) >= 11 is 0. The predicted octanol–water partition coefficient (Wildman–Crippen LogP) is 4.19. The molecular formula is C17H22N2. The smallest absolute Gasteiger partial charge is 0.133 e. The van der Waals surface area contributed by atoms with Gasteiger partial charge in [0.15, 0.2) is 0 Å². The summed E-state index contributed by atoms with van der Waals surface area (Å²) in [6.07, 6.45) is 8.51. The van der Waals surface area contributed by atoms with Crippen molar-refractivity contribution in [2.75, 3.05) is 0 Å². The third-order valence-electron chi connectivity index (χ3n) is 2.62. The number of nitrogens with zero attached hydrogens (tertiary/aromatic N) is 2. The van der Waals surface area contributed by atoms with Crippen LogP contribution in [0.15, 0.2) is 0 Å². The molecule has 0 aromatic heterocycles. The van der Waals surface area contributed by atoms with Gasteiger partial charge in [0.25, 0.3) is 0 Å². The zero-order valence-electron chi connectivity index (χ0n) is 11.8. The van der Waals surface area contributed by atoms with E-state index in [9.17, 15) is 0 Å². The molecule has 0 N–H and O–H groups in total. The van der Waals surface area contributed by atoms with Crippen LogP contribution in [0.5, 0.6) is 0 Å². The second kappa shape index (κ2) is 14.2. The van der Waals surface area contributed by atoms with Crippen LogP contribution in [0.3, 0.4) is 0 Å². The standard InChI is InChI=1S/C17H22N2/c1-2-3-4-5-6-7-8-9-10-11-12-13-14-17(15-18)16-19/h17H,2-4,7-9,12-14H2,1H3. The maximum absolute atomic E-state index is 8.58. The molecule has 0 aliphatic carbocycles. The van der Waals surface area contributed by atoms with Crippen LogP contribution in [-0.2, 0) is 0 Å². The Morgan fingerprint density at radius 1 is 0.737 bits per heavy atom. The number of nitriles is 2. The maximum Gasteiger partial charge on any atom is 0.133 e. The molecule has 0 aliphatic rings. The highest BCUT2D eigenvalue weighted by Crippen LogP contribution is 2.05. The van der Waals surface area contributed by atoms with Gasteiger partial charge in [0, 0.05) is 25.7 Å². The summed E-state index contributed by atoms with van der Waals surface area (Å²) < 4.78 is 0.